The van der Waals surface area contributed by atoms with Crippen LogP contribution in [-0.4, -0.2) is 35.2 Å². The van der Waals surface area contributed by atoms with Crippen LogP contribution in [0.4, 0.5) is 0 Å². The van der Waals surface area contributed by atoms with Crippen molar-refractivity contribution < 1.29 is 5.11 Å². The van der Waals surface area contributed by atoms with Gasteiger partial charge in [0, 0.05) is 18.5 Å². The molecule has 0 spiro atoms. The molecule has 2 heteroatoms. The molecule has 0 radical (unpaired) electrons. The summed E-state index contributed by atoms with van der Waals surface area (Å²) in [5.74, 6) is 1.33. The van der Waals surface area contributed by atoms with Gasteiger partial charge in [-0.05, 0) is 38.1 Å². The highest BCUT2D eigenvalue weighted by atomic mass is 16.3. The van der Waals surface area contributed by atoms with E-state index >= 15 is 0 Å². The normalized spacial score (nSPS) is 38.0. The second-order valence-corrected chi connectivity index (χ2v) is 5.76. The van der Waals surface area contributed by atoms with Gasteiger partial charge in [-0.15, -0.1) is 0 Å². The van der Waals surface area contributed by atoms with Crippen molar-refractivity contribution in [1.82, 2.24) is 4.90 Å². The van der Waals surface area contributed by atoms with Crippen molar-refractivity contribution in [3.63, 3.8) is 0 Å². The van der Waals surface area contributed by atoms with Crippen LogP contribution in [-0.2, 0) is 0 Å². The van der Waals surface area contributed by atoms with E-state index in [9.17, 15) is 5.11 Å². The number of rotatable bonds is 3. The van der Waals surface area contributed by atoms with E-state index in [1.165, 1.54) is 38.8 Å². The maximum absolute atomic E-state index is 9.97. The molecule has 1 aliphatic carbocycles. The van der Waals surface area contributed by atoms with Crippen LogP contribution >= 0.6 is 0 Å². The van der Waals surface area contributed by atoms with E-state index in [0.29, 0.717) is 12.0 Å². The highest BCUT2D eigenvalue weighted by molar-refractivity contribution is 4.91. The standard InChI is InChI=1S/C13H25NO/c1-10(2)9-14-8-4-6-12(14)11-5-3-7-13(11)15/h10-13,15H,3-9H2,1-2H3. The molecule has 88 valence electrons. The third kappa shape index (κ3) is 2.54. The van der Waals surface area contributed by atoms with Crippen molar-refractivity contribution in [2.45, 2.75) is 58.1 Å². The van der Waals surface area contributed by atoms with Crippen molar-refractivity contribution >= 4 is 0 Å². The second kappa shape index (κ2) is 4.84. The lowest BCUT2D eigenvalue weighted by Gasteiger charge is -2.32. The van der Waals surface area contributed by atoms with Gasteiger partial charge in [0.05, 0.1) is 6.10 Å². The summed E-state index contributed by atoms with van der Waals surface area (Å²) in [5.41, 5.74) is 0. The maximum Gasteiger partial charge on any atom is 0.0583 e. The van der Waals surface area contributed by atoms with E-state index in [0.717, 1.165) is 12.3 Å². The van der Waals surface area contributed by atoms with E-state index < -0.39 is 0 Å². The molecule has 3 unspecified atom stereocenters. The smallest absolute Gasteiger partial charge is 0.0583 e. The minimum Gasteiger partial charge on any atom is -0.393 e. The minimum atomic E-state index is -0.0113. The first-order chi connectivity index (χ1) is 7.18. The van der Waals surface area contributed by atoms with Crippen LogP contribution < -0.4 is 0 Å². The number of aliphatic hydroxyl groups is 1. The van der Waals surface area contributed by atoms with Gasteiger partial charge in [0.25, 0.3) is 0 Å². The molecule has 1 saturated heterocycles. The average Bonchev–Trinajstić information content (AvgIpc) is 2.73. The SMILES string of the molecule is CC(C)CN1CCCC1C1CCCC1O. The zero-order chi connectivity index (χ0) is 10.8. The summed E-state index contributed by atoms with van der Waals surface area (Å²) >= 11 is 0. The largest absolute Gasteiger partial charge is 0.393 e. The molecule has 0 aromatic heterocycles. The van der Waals surface area contributed by atoms with Crippen LogP contribution in [0.1, 0.15) is 46.0 Å². The van der Waals surface area contributed by atoms with Crippen molar-refractivity contribution in [2.24, 2.45) is 11.8 Å². The van der Waals surface area contributed by atoms with Crippen LogP contribution in [0, 0.1) is 11.8 Å². The molecule has 0 aromatic rings. The van der Waals surface area contributed by atoms with Crippen LogP contribution in [0.15, 0.2) is 0 Å². The van der Waals surface area contributed by atoms with Gasteiger partial charge in [-0.2, -0.15) is 0 Å². The van der Waals surface area contributed by atoms with Gasteiger partial charge in [-0.25, -0.2) is 0 Å². The molecule has 2 rings (SSSR count). The molecule has 0 bridgehead atoms. The predicted octanol–water partition coefficient (Wildman–Crippen LogP) is 2.27. The molecule has 0 aromatic carbocycles. The van der Waals surface area contributed by atoms with E-state index in [2.05, 4.69) is 18.7 Å². The Labute approximate surface area is 93.7 Å². The van der Waals surface area contributed by atoms with Gasteiger partial charge in [0.15, 0.2) is 0 Å². The Balaban J connectivity index is 1.94. The van der Waals surface area contributed by atoms with Crippen LogP contribution in [0.3, 0.4) is 0 Å². The van der Waals surface area contributed by atoms with Crippen LogP contribution in [0.5, 0.6) is 0 Å². The lowest BCUT2D eigenvalue weighted by molar-refractivity contribution is 0.0703. The van der Waals surface area contributed by atoms with Gasteiger partial charge in [0.2, 0.25) is 0 Å². The predicted molar refractivity (Wildman–Crippen MR) is 62.8 cm³/mol. The second-order valence-electron chi connectivity index (χ2n) is 5.76. The molecule has 1 saturated carbocycles. The quantitative estimate of drug-likeness (QED) is 0.774. The summed E-state index contributed by atoms with van der Waals surface area (Å²) in [4.78, 5) is 2.63. The number of aliphatic hydroxyl groups excluding tert-OH is 1. The zero-order valence-electron chi connectivity index (χ0n) is 10.2. The first-order valence-electron chi connectivity index (χ1n) is 6.60. The van der Waals surface area contributed by atoms with Gasteiger partial charge in [0.1, 0.15) is 0 Å². The molecular weight excluding hydrogens is 186 g/mol. The Morgan fingerprint density at radius 2 is 2.00 bits per heavy atom. The molecule has 0 amide bonds. The Kier molecular flexibility index (Phi) is 3.68. The summed E-state index contributed by atoms with van der Waals surface area (Å²) in [6, 6.07) is 0.685. The Hall–Kier alpha value is -0.0800. The number of nitrogens with zero attached hydrogens (tertiary/aromatic N) is 1. The van der Waals surface area contributed by atoms with E-state index in [1.807, 2.05) is 0 Å². The van der Waals surface area contributed by atoms with Gasteiger partial charge in [-0.1, -0.05) is 20.3 Å². The zero-order valence-corrected chi connectivity index (χ0v) is 10.2. The molecule has 1 N–H and O–H groups in total. The van der Waals surface area contributed by atoms with Gasteiger partial charge in [-0.3, -0.25) is 4.90 Å². The van der Waals surface area contributed by atoms with E-state index in [1.54, 1.807) is 0 Å². The van der Waals surface area contributed by atoms with Crippen LogP contribution in [0.2, 0.25) is 0 Å². The lowest BCUT2D eigenvalue weighted by atomic mass is 9.93. The molecule has 2 nitrogen and oxygen atoms in total. The molecule has 1 heterocycles. The van der Waals surface area contributed by atoms with Crippen molar-refractivity contribution in [3.8, 4) is 0 Å². The van der Waals surface area contributed by atoms with Crippen LogP contribution in [0.25, 0.3) is 0 Å². The van der Waals surface area contributed by atoms with Crippen molar-refractivity contribution in [3.05, 3.63) is 0 Å². The molecule has 2 fully saturated rings. The fourth-order valence-corrected chi connectivity index (χ4v) is 3.45. The fourth-order valence-electron chi connectivity index (χ4n) is 3.45. The fraction of sp³-hybridized carbons (Fsp3) is 1.00. The average molecular weight is 211 g/mol. The lowest BCUT2D eigenvalue weighted by Crippen LogP contribution is -2.40. The summed E-state index contributed by atoms with van der Waals surface area (Å²) in [6.45, 7) is 7.06. The third-order valence-corrected chi connectivity index (χ3v) is 4.04. The molecule has 1 aliphatic heterocycles. The highest BCUT2D eigenvalue weighted by Crippen LogP contribution is 2.35. The molecule has 3 atom stereocenters. The summed E-state index contributed by atoms with van der Waals surface area (Å²) in [5, 5.41) is 9.97. The summed E-state index contributed by atoms with van der Waals surface area (Å²) in [7, 11) is 0. The van der Waals surface area contributed by atoms with Crippen molar-refractivity contribution in [2.75, 3.05) is 13.1 Å². The number of hydrogen-bond acceptors (Lipinski definition) is 2. The van der Waals surface area contributed by atoms with E-state index in [4.69, 9.17) is 0 Å². The Bertz CT molecular complexity index is 205. The van der Waals surface area contributed by atoms with Crippen molar-refractivity contribution in [1.29, 1.82) is 0 Å². The van der Waals surface area contributed by atoms with E-state index in [-0.39, 0.29) is 6.10 Å². The molecular formula is C13H25NO. The maximum atomic E-state index is 9.97. The first-order valence-corrected chi connectivity index (χ1v) is 6.60. The Morgan fingerprint density at radius 1 is 1.20 bits per heavy atom. The molecule has 15 heavy (non-hydrogen) atoms. The molecule has 2 aliphatic rings. The summed E-state index contributed by atoms with van der Waals surface area (Å²) in [6.07, 6.45) is 6.16. The number of likely N-dealkylation sites (tertiary alicyclic amines) is 1. The monoisotopic (exact) mass is 211 g/mol. The van der Waals surface area contributed by atoms with Gasteiger partial charge >= 0.3 is 0 Å². The first kappa shape index (κ1) is 11.4. The highest BCUT2D eigenvalue weighted by Gasteiger charge is 2.37. The number of hydrogen-bond donors (Lipinski definition) is 1. The Morgan fingerprint density at radius 3 is 2.60 bits per heavy atom. The van der Waals surface area contributed by atoms with Gasteiger partial charge < -0.3 is 5.11 Å². The topological polar surface area (TPSA) is 23.5 Å². The minimum absolute atomic E-state index is 0.0113. The third-order valence-electron chi connectivity index (χ3n) is 4.04. The summed E-state index contributed by atoms with van der Waals surface area (Å²) < 4.78 is 0.